The van der Waals surface area contributed by atoms with Crippen LogP contribution in [0.25, 0.3) is 10.9 Å². The van der Waals surface area contributed by atoms with E-state index in [1.165, 1.54) is 0 Å². The minimum Gasteiger partial charge on any atom is -0.476 e. The minimum absolute atomic E-state index is 0.0380. The van der Waals surface area contributed by atoms with Gasteiger partial charge < -0.3 is 14.4 Å². The number of ether oxygens (including phenoxy) is 2. The maximum Gasteiger partial charge on any atom is 0.227 e. The average molecular weight is 507 g/mol. The summed E-state index contributed by atoms with van der Waals surface area (Å²) < 4.78 is 13.2. The lowest BCUT2D eigenvalue weighted by molar-refractivity contribution is 0.0320. The van der Waals surface area contributed by atoms with E-state index < -0.39 is 0 Å². The Morgan fingerprint density at radius 2 is 1.95 bits per heavy atom. The minimum atomic E-state index is -0.0380. The van der Waals surface area contributed by atoms with E-state index in [4.69, 9.17) is 9.47 Å². The Labute approximate surface area is 219 Å². The lowest BCUT2D eigenvalue weighted by Crippen LogP contribution is -2.38. The monoisotopic (exact) mass is 506 g/mol. The molecule has 0 saturated carbocycles. The second kappa shape index (κ2) is 13.2. The highest BCUT2D eigenvalue weighted by molar-refractivity contribution is 6.03. The number of rotatable bonds is 12. The van der Waals surface area contributed by atoms with Crippen molar-refractivity contribution >= 4 is 34.5 Å². The van der Waals surface area contributed by atoms with Crippen molar-refractivity contribution in [3.63, 3.8) is 0 Å². The number of carbonyl (C=O) groups is 1. The first-order valence-corrected chi connectivity index (χ1v) is 13.2. The Bertz CT molecular complexity index is 1200. The fourth-order valence-corrected chi connectivity index (χ4v) is 4.56. The van der Waals surface area contributed by atoms with Gasteiger partial charge in [0.15, 0.2) is 5.82 Å². The largest absolute Gasteiger partial charge is 0.476 e. The van der Waals surface area contributed by atoms with Crippen LogP contribution in [0.4, 0.5) is 11.5 Å². The maximum atomic E-state index is 12.1. The average Bonchev–Trinajstić information content (AvgIpc) is 3.28. The maximum absolute atomic E-state index is 12.1. The van der Waals surface area contributed by atoms with Crippen LogP contribution in [-0.4, -0.2) is 79.1 Å². The Hall–Kier alpha value is -3.43. The van der Waals surface area contributed by atoms with E-state index in [0.29, 0.717) is 18.3 Å². The highest BCUT2D eigenvalue weighted by Gasteiger charge is 2.13. The standard InChI is InChI=1S/C28H38N6O3/c1-4-10-33(11-5-2)24-18-27(30-28(19-24)37-17-14-32-12-15-36-16-13-32)31-29-20-23-21-34(22(3)35)26-9-7-6-8-25(23)26/h6-9,18-21H,4-5,10-17H2,1-3H3,(H,30,31)/b29-20+. The fourth-order valence-electron chi connectivity index (χ4n) is 4.56. The van der Waals surface area contributed by atoms with E-state index >= 15 is 0 Å². The van der Waals surface area contributed by atoms with E-state index in [2.05, 4.69) is 39.2 Å². The Morgan fingerprint density at radius 3 is 2.68 bits per heavy atom. The number of hydrogen-bond acceptors (Lipinski definition) is 8. The Kier molecular flexibility index (Phi) is 9.51. The van der Waals surface area contributed by atoms with Gasteiger partial charge in [-0.05, 0) is 18.9 Å². The molecule has 37 heavy (non-hydrogen) atoms. The first-order valence-electron chi connectivity index (χ1n) is 13.2. The molecular formula is C28H38N6O3. The van der Waals surface area contributed by atoms with E-state index in [9.17, 15) is 4.79 Å². The van der Waals surface area contributed by atoms with Crippen LogP contribution in [-0.2, 0) is 4.74 Å². The Balaban J connectivity index is 1.52. The predicted molar refractivity (Wildman–Crippen MR) is 149 cm³/mol. The second-order valence-corrected chi connectivity index (χ2v) is 9.20. The normalized spacial score (nSPS) is 14.4. The molecule has 1 aliphatic rings. The number of morpholine rings is 1. The molecule has 0 unspecified atom stereocenters. The summed E-state index contributed by atoms with van der Waals surface area (Å²) in [6.07, 6.45) is 5.64. The van der Waals surface area contributed by atoms with E-state index in [1.807, 2.05) is 42.6 Å². The number of nitrogens with one attached hydrogen (secondary N) is 1. The van der Waals surface area contributed by atoms with Crippen molar-refractivity contribution in [2.24, 2.45) is 5.10 Å². The molecule has 1 saturated heterocycles. The van der Waals surface area contributed by atoms with Crippen molar-refractivity contribution < 1.29 is 14.3 Å². The van der Waals surface area contributed by atoms with Crippen molar-refractivity contribution in [1.82, 2.24) is 14.5 Å². The zero-order chi connectivity index (χ0) is 26.0. The smallest absolute Gasteiger partial charge is 0.227 e. The van der Waals surface area contributed by atoms with Gasteiger partial charge in [-0.15, -0.1) is 0 Å². The molecule has 2 aromatic heterocycles. The van der Waals surface area contributed by atoms with E-state index in [0.717, 1.165) is 80.9 Å². The summed E-state index contributed by atoms with van der Waals surface area (Å²) in [4.78, 5) is 21.4. The molecule has 1 aromatic carbocycles. The molecule has 0 aliphatic carbocycles. The molecule has 198 valence electrons. The van der Waals surface area contributed by atoms with Crippen LogP contribution < -0.4 is 15.1 Å². The highest BCUT2D eigenvalue weighted by Crippen LogP contribution is 2.25. The number of fused-ring (bicyclic) bond motifs is 1. The quantitative estimate of drug-likeness (QED) is 0.286. The van der Waals surface area contributed by atoms with E-state index in [1.54, 1.807) is 17.7 Å². The molecule has 1 aliphatic heterocycles. The van der Waals surface area contributed by atoms with Gasteiger partial charge in [0, 0.05) is 74.6 Å². The second-order valence-electron chi connectivity index (χ2n) is 9.20. The first kappa shape index (κ1) is 26.6. The summed E-state index contributed by atoms with van der Waals surface area (Å²) in [7, 11) is 0. The Morgan fingerprint density at radius 1 is 1.19 bits per heavy atom. The van der Waals surface area contributed by atoms with Crippen LogP contribution in [0.15, 0.2) is 47.7 Å². The summed E-state index contributed by atoms with van der Waals surface area (Å²) in [5, 5.41) is 5.43. The molecule has 0 spiro atoms. The number of pyridine rings is 1. The molecule has 1 fully saturated rings. The number of benzene rings is 1. The molecule has 3 heterocycles. The van der Waals surface area contributed by atoms with Gasteiger partial charge in [-0.1, -0.05) is 32.0 Å². The van der Waals surface area contributed by atoms with Crippen LogP contribution in [0.2, 0.25) is 0 Å². The van der Waals surface area contributed by atoms with Gasteiger partial charge in [-0.25, -0.2) is 0 Å². The van der Waals surface area contributed by atoms with Crippen LogP contribution in [0.5, 0.6) is 5.88 Å². The molecule has 1 N–H and O–H groups in total. The predicted octanol–water partition coefficient (Wildman–Crippen LogP) is 4.48. The number of anilines is 2. The van der Waals surface area contributed by atoms with Gasteiger partial charge >= 0.3 is 0 Å². The SMILES string of the molecule is CCCN(CCC)c1cc(N/N=C/c2cn(C(C)=O)c3ccccc23)nc(OCCN2CCOCC2)c1. The van der Waals surface area contributed by atoms with Gasteiger partial charge in [-0.3, -0.25) is 19.7 Å². The number of aromatic nitrogens is 2. The van der Waals surface area contributed by atoms with Crippen molar-refractivity contribution in [1.29, 1.82) is 0 Å². The number of nitrogens with zero attached hydrogens (tertiary/aromatic N) is 5. The molecule has 0 bridgehead atoms. The third-order valence-electron chi connectivity index (χ3n) is 6.36. The summed E-state index contributed by atoms with van der Waals surface area (Å²) in [6.45, 7) is 12.6. The molecular weight excluding hydrogens is 468 g/mol. The zero-order valence-electron chi connectivity index (χ0n) is 22.2. The molecule has 0 radical (unpaired) electrons. The highest BCUT2D eigenvalue weighted by atomic mass is 16.5. The molecule has 0 amide bonds. The van der Waals surface area contributed by atoms with E-state index in [-0.39, 0.29) is 5.91 Å². The fraction of sp³-hybridized carbons (Fsp3) is 0.464. The van der Waals surface area contributed by atoms with Crippen LogP contribution >= 0.6 is 0 Å². The number of hydrazone groups is 1. The summed E-state index contributed by atoms with van der Waals surface area (Å²) in [6, 6.07) is 11.8. The van der Waals surface area contributed by atoms with Crippen molar-refractivity contribution in [3.05, 3.63) is 48.2 Å². The molecule has 9 heteroatoms. The first-order chi connectivity index (χ1) is 18.1. The van der Waals surface area contributed by atoms with Gasteiger partial charge in [0.25, 0.3) is 0 Å². The number of para-hydroxylation sites is 1. The van der Waals surface area contributed by atoms with Gasteiger partial charge in [0.2, 0.25) is 11.8 Å². The topological polar surface area (TPSA) is 84.2 Å². The lowest BCUT2D eigenvalue weighted by atomic mass is 10.2. The van der Waals surface area contributed by atoms with Crippen molar-refractivity contribution in [2.45, 2.75) is 33.6 Å². The lowest BCUT2D eigenvalue weighted by Gasteiger charge is -2.26. The number of carbonyl (C=O) groups excluding carboxylic acids is 1. The number of hydrogen-bond donors (Lipinski definition) is 1. The van der Waals surface area contributed by atoms with Crippen LogP contribution in [0.1, 0.15) is 44.0 Å². The summed E-state index contributed by atoms with van der Waals surface area (Å²) in [5.41, 5.74) is 5.87. The zero-order valence-corrected chi connectivity index (χ0v) is 22.2. The summed E-state index contributed by atoms with van der Waals surface area (Å²) >= 11 is 0. The molecule has 3 aromatic rings. The molecule has 9 nitrogen and oxygen atoms in total. The third-order valence-corrected chi connectivity index (χ3v) is 6.36. The summed E-state index contributed by atoms with van der Waals surface area (Å²) in [5.74, 6) is 1.15. The molecule has 4 rings (SSSR count). The van der Waals surface area contributed by atoms with Gasteiger partial charge in [-0.2, -0.15) is 10.1 Å². The van der Waals surface area contributed by atoms with Gasteiger partial charge in [0.05, 0.1) is 24.9 Å². The van der Waals surface area contributed by atoms with Crippen LogP contribution in [0.3, 0.4) is 0 Å². The van der Waals surface area contributed by atoms with Crippen molar-refractivity contribution in [2.75, 3.05) is 62.9 Å². The van der Waals surface area contributed by atoms with Crippen LogP contribution in [0, 0.1) is 0 Å². The molecule has 0 atom stereocenters. The van der Waals surface area contributed by atoms with Crippen molar-refractivity contribution in [3.8, 4) is 5.88 Å². The third kappa shape index (κ3) is 7.08. The van der Waals surface area contributed by atoms with Gasteiger partial charge in [0.1, 0.15) is 6.61 Å².